The maximum Gasteiger partial charge on any atom is 0.352 e. The van der Waals surface area contributed by atoms with Crippen LogP contribution in [0.4, 0.5) is 4.39 Å². The van der Waals surface area contributed by atoms with Gasteiger partial charge in [0.15, 0.2) is 5.43 Å². The molecule has 1 N–H and O–H groups in total. The number of carbonyl (C=O) groups is 1. The minimum absolute atomic E-state index is 0.0115. The molecule has 5 heteroatoms. The first kappa shape index (κ1) is 14.2. The average molecular weight is 277 g/mol. The number of fused-ring (bicyclic) bond motifs is 1. The topological polar surface area (TPSA) is 59.3 Å². The normalized spacial score (nSPS) is 10.9. The van der Waals surface area contributed by atoms with E-state index in [0.29, 0.717) is 12.1 Å². The monoisotopic (exact) mass is 277 g/mol. The number of unbranched alkanes of at least 4 members (excludes halogenated alkanes) is 1. The lowest BCUT2D eigenvalue weighted by atomic mass is 10.1. The number of benzene rings is 1. The molecule has 2 rings (SSSR count). The fourth-order valence-electron chi connectivity index (χ4n) is 2.38. The Kier molecular flexibility index (Phi) is 3.88. The third-order valence-corrected chi connectivity index (χ3v) is 3.40. The highest BCUT2D eigenvalue weighted by Gasteiger charge is 2.19. The van der Waals surface area contributed by atoms with Crippen LogP contribution in [-0.2, 0) is 6.54 Å². The largest absolute Gasteiger partial charge is 0.477 e. The summed E-state index contributed by atoms with van der Waals surface area (Å²) < 4.78 is 14.9. The van der Waals surface area contributed by atoms with E-state index >= 15 is 0 Å². The summed E-state index contributed by atoms with van der Waals surface area (Å²) in [5.74, 6) is -1.64. The van der Waals surface area contributed by atoms with Crippen LogP contribution >= 0.6 is 0 Å². The fourth-order valence-corrected chi connectivity index (χ4v) is 2.38. The van der Waals surface area contributed by atoms with E-state index in [9.17, 15) is 19.1 Å². The molecule has 1 aromatic carbocycles. The van der Waals surface area contributed by atoms with Crippen LogP contribution in [0.15, 0.2) is 23.0 Å². The molecule has 1 aromatic heterocycles. The third-order valence-electron chi connectivity index (χ3n) is 3.40. The van der Waals surface area contributed by atoms with Gasteiger partial charge in [-0.1, -0.05) is 13.3 Å². The van der Waals surface area contributed by atoms with Gasteiger partial charge < -0.3 is 9.67 Å². The van der Waals surface area contributed by atoms with Crippen molar-refractivity contribution < 1.29 is 14.3 Å². The molecule has 20 heavy (non-hydrogen) atoms. The van der Waals surface area contributed by atoms with Crippen LogP contribution in [0.5, 0.6) is 0 Å². The number of aryl methyl sites for hydroxylation is 1. The molecular weight excluding hydrogens is 261 g/mol. The Morgan fingerprint density at radius 1 is 1.40 bits per heavy atom. The number of rotatable bonds is 4. The van der Waals surface area contributed by atoms with Crippen LogP contribution in [0.1, 0.15) is 35.8 Å². The molecule has 0 radical (unpaired) electrons. The van der Waals surface area contributed by atoms with Gasteiger partial charge in [-0.05, 0) is 31.5 Å². The molecule has 0 spiro atoms. The van der Waals surface area contributed by atoms with Gasteiger partial charge in [-0.15, -0.1) is 0 Å². The lowest BCUT2D eigenvalue weighted by Crippen LogP contribution is -2.22. The number of aromatic nitrogens is 1. The van der Waals surface area contributed by atoms with Crippen molar-refractivity contribution in [3.63, 3.8) is 0 Å². The number of nitrogens with zero attached hydrogens (tertiary/aromatic N) is 1. The van der Waals surface area contributed by atoms with Crippen molar-refractivity contribution >= 4 is 16.9 Å². The Morgan fingerprint density at radius 3 is 2.70 bits per heavy atom. The summed E-state index contributed by atoms with van der Waals surface area (Å²) in [5, 5.41) is 9.58. The lowest BCUT2D eigenvalue weighted by Gasteiger charge is -2.16. The summed E-state index contributed by atoms with van der Waals surface area (Å²) >= 11 is 0. The van der Waals surface area contributed by atoms with E-state index < -0.39 is 17.2 Å². The molecule has 0 unspecified atom stereocenters. The lowest BCUT2D eigenvalue weighted by molar-refractivity contribution is 0.0683. The summed E-state index contributed by atoms with van der Waals surface area (Å²) in [6.45, 7) is 3.96. The second-order valence-corrected chi connectivity index (χ2v) is 4.77. The maximum atomic E-state index is 13.3. The molecule has 0 aliphatic rings. The Morgan fingerprint density at radius 2 is 2.10 bits per heavy atom. The number of pyridine rings is 1. The molecule has 0 fully saturated rings. The standard InChI is InChI=1S/C15H16FNO3/c1-3-4-7-17-12-6-5-10(16)8-11(12)14(18)9(2)13(17)15(19)20/h5-6,8H,3-4,7H2,1-2H3,(H,19,20). The van der Waals surface area contributed by atoms with Crippen LogP contribution in [0.25, 0.3) is 10.9 Å². The van der Waals surface area contributed by atoms with Gasteiger partial charge in [-0.25, -0.2) is 9.18 Å². The maximum absolute atomic E-state index is 13.3. The van der Waals surface area contributed by atoms with E-state index in [1.165, 1.54) is 25.1 Å². The van der Waals surface area contributed by atoms with Gasteiger partial charge in [0, 0.05) is 17.5 Å². The van der Waals surface area contributed by atoms with Crippen molar-refractivity contribution in [2.75, 3.05) is 0 Å². The SMILES string of the molecule is CCCCn1c(C(=O)O)c(C)c(=O)c2cc(F)ccc21. The average Bonchev–Trinajstić information content (AvgIpc) is 2.40. The number of hydrogen-bond donors (Lipinski definition) is 1. The summed E-state index contributed by atoms with van der Waals surface area (Å²) in [6, 6.07) is 3.87. The molecule has 0 aliphatic heterocycles. The van der Waals surface area contributed by atoms with Crippen molar-refractivity contribution in [3.05, 3.63) is 45.5 Å². The zero-order valence-corrected chi connectivity index (χ0v) is 11.4. The minimum atomic E-state index is -1.14. The molecule has 0 atom stereocenters. The molecule has 0 bridgehead atoms. The van der Waals surface area contributed by atoms with E-state index in [1.54, 1.807) is 4.57 Å². The fraction of sp³-hybridized carbons (Fsp3) is 0.333. The van der Waals surface area contributed by atoms with E-state index in [1.807, 2.05) is 6.92 Å². The molecule has 2 aromatic rings. The van der Waals surface area contributed by atoms with E-state index in [4.69, 9.17) is 0 Å². The molecule has 4 nitrogen and oxygen atoms in total. The van der Waals surface area contributed by atoms with Crippen LogP contribution in [-0.4, -0.2) is 15.6 Å². The Bertz CT molecular complexity index is 734. The highest BCUT2D eigenvalue weighted by molar-refractivity contribution is 5.92. The zero-order valence-electron chi connectivity index (χ0n) is 11.4. The smallest absolute Gasteiger partial charge is 0.352 e. The number of aromatic carboxylic acids is 1. The second kappa shape index (κ2) is 5.45. The van der Waals surface area contributed by atoms with Gasteiger partial charge in [-0.3, -0.25) is 4.79 Å². The summed E-state index contributed by atoms with van der Waals surface area (Å²) in [4.78, 5) is 23.6. The Labute approximate surface area is 115 Å². The van der Waals surface area contributed by atoms with Gasteiger partial charge >= 0.3 is 5.97 Å². The van der Waals surface area contributed by atoms with Crippen LogP contribution in [0.2, 0.25) is 0 Å². The summed E-state index contributed by atoms with van der Waals surface area (Å²) in [6.07, 6.45) is 1.68. The van der Waals surface area contributed by atoms with Gasteiger partial charge in [0.05, 0.1) is 5.52 Å². The zero-order chi connectivity index (χ0) is 14.9. The number of hydrogen-bond acceptors (Lipinski definition) is 2. The van der Waals surface area contributed by atoms with E-state index in [-0.39, 0.29) is 16.6 Å². The van der Waals surface area contributed by atoms with Crippen molar-refractivity contribution in [1.29, 1.82) is 0 Å². The van der Waals surface area contributed by atoms with Gasteiger partial charge in [0.1, 0.15) is 11.5 Å². The highest BCUT2D eigenvalue weighted by atomic mass is 19.1. The van der Waals surface area contributed by atoms with E-state index in [0.717, 1.165) is 12.8 Å². The number of halogens is 1. The molecule has 106 valence electrons. The molecule has 0 amide bonds. The predicted molar refractivity (Wildman–Crippen MR) is 74.8 cm³/mol. The minimum Gasteiger partial charge on any atom is -0.477 e. The van der Waals surface area contributed by atoms with Crippen LogP contribution < -0.4 is 5.43 Å². The van der Waals surface area contributed by atoms with Crippen molar-refractivity contribution in [2.45, 2.75) is 33.2 Å². The summed E-state index contributed by atoms with van der Waals surface area (Å²) in [7, 11) is 0. The van der Waals surface area contributed by atoms with Crippen molar-refractivity contribution in [2.24, 2.45) is 0 Å². The van der Waals surface area contributed by atoms with Crippen molar-refractivity contribution in [1.82, 2.24) is 4.57 Å². The predicted octanol–water partition coefficient (Wildman–Crippen LogP) is 2.95. The highest BCUT2D eigenvalue weighted by Crippen LogP contribution is 2.18. The first-order valence-electron chi connectivity index (χ1n) is 6.53. The Balaban J connectivity index is 2.89. The quantitative estimate of drug-likeness (QED) is 0.934. The van der Waals surface area contributed by atoms with Crippen molar-refractivity contribution in [3.8, 4) is 0 Å². The van der Waals surface area contributed by atoms with E-state index in [2.05, 4.69) is 0 Å². The van der Waals surface area contributed by atoms with Crippen LogP contribution in [0, 0.1) is 12.7 Å². The second-order valence-electron chi connectivity index (χ2n) is 4.77. The van der Waals surface area contributed by atoms with Gasteiger partial charge in [0.25, 0.3) is 0 Å². The molecule has 0 aliphatic carbocycles. The van der Waals surface area contributed by atoms with Crippen LogP contribution in [0.3, 0.4) is 0 Å². The Hall–Kier alpha value is -2.17. The molecule has 0 saturated heterocycles. The molecule has 1 heterocycles. The first-order valence-corrected chi connectivity index (χ1v) is 6.53. The number of carboxylic acid groups (broad SMARTS) is 1. The number of carboxylic acids is 1. The third kappa shape index (κ3) is 2.31. The summed E-state index contributed by atoms with van der Waals surface area (Å²) in [5.41, 5.74) is 0.173. The molecular formula is C15H16FNO3. The molecule has 0 saturated carbocycles. The van der Waals surface area contributed by atoms with Gasteiger partial charge in [0.2, 0.25) is 0 Å². The van der Waals surface area contributed by atoms with Gasteiger partial charge in [-0.2, -0.15) is 0 Å². The first-order chi connectivity index (χ1) is 9.47.